The van der Waals surface area contributed by atoms with Crippen LogP contribution in [0.5, 0.6) is 0 Å². The highest BCUT2D eigenvalue weighted by molar-refractivity contribution is 5.90. The van der Waals surface area contributed by atoms with Crippen LogP contribution in [0.1, 0.15) is 73.4 Å². The number of carbonyl (C=O) groups is 2. The Morgan fingerprint density at radius 2 is 0.917 bits per heavy atom. The Hall–Kier alpha value is -2.78. The van der Waals surface area contributed by atoms with Crippen molar-refractivity contribution in [1.82, 2.24) is 0 Å². The number of aliphatic hydroxyl groups is 2. The van der Waals surface area contributed by atoms with Gasteiger partial charge in [0.1, 0.15) is 0 Å². The zero-order chi connectivity index (χ0) is 27.8. The molecule has 8 heteroatoms. The molecule has 0 saturated carbocycles. The number of hydrogen-bond donors (Lipinski definition) is 4. The smallest absolute Gasteiger partial charge is 0.335 e. The second-order valence-electron chi connectivity index (χ2n) is 9.87. The summed E-state index contributed by atoms with van der Waals surface area (Å²) in [6.07, 6.45) is 0. The molecule has 202 valence electrons. The predicted octanol–water partition coefficient (Wildman–Crippen LogP) is 4.37. The molecule has 0 aliphatic rings. The Bertz CT molecular complexity index is 835. The summed E-state index contributed by atoms with van der Waals surface area (Å²) in [7, 11) is 0. The van der Waals surface area contributed by atoms with Gasteiger partial charge in [0, 0.05) is 0 Å². The highest BCUT2D eigenvalue weighted by Gasteiger charge is 2.21. The van der Waals surface area contributed by atoms with Gasteiger partial charge in [0.2, 0.25) is 0 Å². The second kappa shape index (κ2) is 16.8. The first-order chi connectivity index (χ1) is 16.8. The van der Waals surface area contributed by atoms with Gasteiger partial charge in [0.05, 0.1) is 50.8 Å². The lowest BCUT2D eigenvalue weighted by Crippen LogP contribution is -2.16. The van der Waals surface area contributed by atoms with E-state index in [0.717, 1.165) is 11.1 Å². The molecule has 0 fully saturated rings. The van der Waals surface area contributed by atoms with Gasteiger partial charge in [0.25, 0.3) is 0 Å². The second-order valence-corrected chi connectivity index (χ2v) is 9.87. The third-order valence-electron chi connectivity index (χ3n) is 4.77. The number of rotatable bonds is 9. The van der Waals surface area contributed by atoms with E-state index in [4.69, 9.17) is 29.9 Å². The van der Waals surface area contributed by atoms with Gasteiger partial charge in [0.15, 0.2) is 0 Å². The zero-order valence-corrected chi connectivity index (χ0v) is 22.3. The molecule has 0 aliphatic carbocycles. The van der Waals surface area contributed by atoms with Crippen molar-refractivity contribution in [3.63, 3.8) is 0 Å². The van der Waals surface area contributed by atoms with Crippen LogP contribution in [-0.2, 0) is 20.3 Å². The first kappa shape index (κ1) is 33.2. The maximum atomic E-state index is 10.9. The molecule has 2 aromatic rings. The lowest BCUT2D eigenvalue weighted by atomic mass is 9.84. The van der Waals surface area contributed by atoms with E-state index in [0.29, 0.717) is 37.6 Å². The Balaban J connectivity index is 0.000000517. The van der Waals surface area contributed by atoms with Crippen molar-refractivity contribution in [3.8, 4) is 0 Å². The van der Waals surface area contributed by atoms with Gasteiger partial charge in [-0.1, -0.05) is 77.9 Å². The molecular weight excluding hydrogens is 464 g/mol. The average molecular weight is 507 g/mol. The van der Waals surface area contributed by atoms with E-state index in [1.807, 2.05) is 65.8 Å². The number of aliphatic hydroxyl groups excluding tert-OH is 2. The van der Waals surface area contributed by atoms with Crippen molar-refractivity contribution in [2.45, 2.75) is 52.4 Å². The summed E-state index contributed by atoms with van der Waals surface area (Å²) in [5.41, 5.74) is 2.32. The topological polar surface area (TPSA) is 134 Å². The minimum absolute atomic E-state index is 0.0417. The van der Waals surface area contributed by atoms with Crippen molar-refractivity contribution in [1.29, 1.82) is 0 Å². The number of carboxylic acids is 2. The van der Waals surface area contributed by atoms with Crippen molar-refractivity contribution in [2.75, 3.05) is 39.6 Å². The van der Waals surface area contributed by atoms with Crippen LogP contribution in [0.25, 0.3) is 0 Å². The largest absolute Gasteiger partial charge is 0.478 e. The van der Waals surface area contributed by atoms with Crippen molar-refractivity contribution < 1.29 is 39.5 Å². The fraction of sp³-hybridized carbons (Fsp3) is 0.500. The molecule has 0 bridgehead atoms. The first-order valence-corrected chi connectivity index (χ1v) is 11.8. The van der Waals surface area contributed by atoms with Crippen LogP contribution in [0, 0.1) is 0 Å². The van der Waals surface area contributed by atoms with Crippen LogP contribution in [0.15, 0.2) is 48.5 Å². The van der Waals surface area contributed by atoms with Gasteiger partial charge in [-0.15, -0.1) is 0 Å². The molecule has 2 aromatic carbocycles. The van der Waals surface area contributed by atoms with Gasteiger partial charge < -0.3 is 29.9 Å². The van der Waals surface area contributed by atoms with E-state index >= 15 is 0 Å². The number of hydrogen-bond acceptors (Lipinski definition) is 6. The highest BCUT2D eigenvalue weighted by atomic mass is 16.5. The Kier molecular flexibility index (Phi) is 15.5. The Labute approximate surface area is 214 Å². The quantitative estimate of drug-likeness (QED) is 0.369. The summed E-state index contributed by atoms with van der Waals surface area (Å²) in [4.78, 5) is 21.7. The van der Waals surface area contributed by atoms with Crippen LogP contribution in [0.4, 0.5) is 0 Å². The average Bonchev–Trinajstić information content (AvgIpc) is 2.81. The third kappa shape index (κ3) is 13.3. The minimum atomic E-state index is -0.856. The molecule has 8 nitrogen and oxygen atoms in total. The van der Waals surface area contributed by atoms with E-state index in [9.17, 15) is 9.59 Å². The fourth-order valence-corrected chi connectivity index (χ4v) is 3.10. The molecular formula is C28H42O8. The molecule has 4 N–H and O–H groups in total. The number of aromatic carboxylic acids is 2. The van der Waals surface area contributed by atoms with Crippen LogP contribution < -0.4 is 0 Å². The van der Waals surface area contributed by atoms with Gasteiger partial charge in [-0.3, -0.25) is 0 Å². The molecule has 0 amide bonds. The Morgan fingerprint density at radius 1 is 0.611 bits per heavy atom. The summed E-state index contributed by atoms with van der Waals surface area (Å²) < 4.78 is 9.75. The van der Waals surface area contributed by atoms with E-state index < -0.39 is 11.9 Å². The SMILES string of the molecule is CC(C)(C)c1ccccc1C(=O)O.CC(C)(C)c1ccccc1C(=O)O.OCCOCCOCCO. The molecule has 0 saturated heterocycles. The van der Waals surface area contributed by atoms with E-state index in [-0.39, 0.29) is 24.0 Å². The lowest BCUT2D eigenvalue weighted by Gasteiger charge is -2.20. The predicted molar refractivity (Wildman–Crippen MR) is 140 cm³/mol. The normalized spacial score (nSPS) is 11.0. The molecule has 0 aromatic heterocycles. The Morgan fingerprint density at radius 3 is 1.14 bits per heavy atom. The van der Waals surface area contributed by atoms with Gasteiger partial charge in [-0.25, -0.2) is 9.59 Å². The summed E-state index contributed by atoms with van der Waals surface area (Å²) in [6.45, 7) is 13.8. The lowest BCUT2D eigenvalue weighted by molar-refractivity contribution is 0.0222. The summed E-state index contributed by atoms with van der Waals surface area (Å²) in [5, 5.41) is 34.4. The van der Waals surface area contributed by atoms with Crippen LogP contribution in [0.3, 0.4) is 0 Å². The molecule has 2 rings (SSSR count). The molecule has 0 radical (unpaired) electrons. The molecule has 0 heterocycles. The minimum Gasteiger partial charge on any atom is -0.478 e. The summed E-state index contributed by atoms with van der Waals surface area (Å²) >= 11 is 0. The van der Waals surface area contributed by atoms with Crippen LogP contribution >= 0.6 is 0 Å². The number of ether oxygens (including phenoxy) is 2. The van der Waals surface area contributed by atoms with Gasteiger partial charge >= 0.3 is 11.9 Å². The van der Waals surface area contributed by atoms with Crippen LogP contribution in [0.2, 0.25) is 0 Å². The molecule has 0 aliphatic heterocycles. The van der Waals surface area contributed by atoms with Crippen molar-refractivity contribution >= 4 is 11.9 Å². The number of benzene rings is 2. The highest BCUT2D eigenvalue weighted by Crippen LogP contribution is 2.26. The molecule has 0 spiro atoms. The van der Waals surface area contributed by atoms with Crippen molar-refractivity contribution in [3.05, 3.63) is 70.8 Å². The molecule has 36 heavy (non-hydrogen) atoms. The maximum absolute atomic E-state index is 10.9. The fourth-order valence-electron chi connectivity index (χ4n) is 3.10. The maximum Gasteiger partial charge on any atom is 0.335 e. The standard InChI is InChI=1S/2C11H14O2.C6H14O4/c2*1-11(2,3)9-7-5-4-6-8(9)10(12)13;7-1-3-9-5-6-10-4-2-8/h2*4-7H,1-3H3,(H,12,13);7-8H,1-6H2. The third-order valence-corrected chi connectivity index (χ3v) is 4.77. The van der Waals surface area contributed by atoms with Crippen molar-refractivity contribution in [2.24, 2.45) is 0 Å². The van der Waals surface area contributed by atoms with E-state index in [1.165, 1.54) is 0 Å². The monoisotopic (exact) mass is 506 g/mol. The number of carboxylic acid groups (broad SMARTS) is 2. The first-order valence-electron chi connectivity index (χ1n) is 11.8. The van der Waals surface area contributed by atoms with E-state index in [1.54, 1.807) is 24.3 Å². The van der Waals surface area contributed by atoms with Gasteiger partial charge in [-0.2, -0.15) is 0 Å². The van der Waals surface area contributed by atoms with Crippen LogP contribution in [-0.4, -0.2) is 72.0 Å². The molecule has 0 atom stereocenters. The van der Waals surface area contributed by atoms with E-state index in [2.05, 4.69) is 0 Å². The zero-order valence-electron chi connectivity index (χ0n) is 22.3. The summed E-state index contributed by atoms with van der Waals surface area (Å²) in [5.74, 6) is -1.71. The molecule has 0 unspecified atom stereocenters. The van der Waals surface area contributed by atoms with Gasteiger partial charge in [-0.05, 0) is 34.1 Å². The summed E-state index contributed by atoms with van der Waals surface area (Å²) in [6, 6.07) is 14.2.